The van der Waals surface area contributed by atoms with E-state index >= 15 is 0 Å². The molecule has 126 valence electrons. The van der Waals surface area contributed by atoms with E-state index in [1.807, 2.05) is 67.5 Å². The Balaban J connectivity index is 2.01. The molecule has 0 aliphatic heterocycles. The molecule has 1 amide bonds. The minimum Gasteiger partial charge on any atom is -0.362 e. The van der Waals surface area contributed by atoms with Crippen LogP contribution in [-0.4, -0.2) is 30.0 Å². The number of pyridine rings is 2. The number of carbonyl (C=O) groups is 1. The first-order valence-corrected chi connectivity index (χ1v) is 8.05. The summed E-state index contributed by atoms with van der Waals surface area (Å²) in [5, 5.41) is 0. The van der Waals surface area contributed by atoms with Crippen LogP contribution in [0, 0.1) is 0 Å². The fourth-order valence-corrected chi connectivity index (χ4v) is 2.63. The second-order valence-corrected chi connectivity index (χ2v) is 5.86. The lowest BCUT2D eigenvalue weighted by Crippen LogP contribution is -2.32. The molecule has 0 saturated carbocycles. The number of carbonyl (C=O) groups excluding carboxylic acids is 1. The van der Waals surface area contributed by atoms with E-state index in [9.17, 15) is 4.79 Å². The van der Waals surface area contributed by atoms with E-state index < -0.39 is 0 Å². The van der Waals surface area contributed by atoms with Gasteiger partial charge >= 0.3 is 0 Å². The summed E-state index contributed by atoms with van der Waals surface area (Å²) >= 11 is 0. The smallest absolute Gasteiger partial charge is 0.262 e. The molecule has 0 atom stereocenters. The van der Waals surface area contributed by atoms with Crippen LogP contribution in [0.15, 0.2) is 73.2 Å². The van der Waals surface area contributed by atoms with Crippen LogP contribution in [0.25, 0.3) is 0 Å². The van der Waals surface area contributed by atoms with Crippen LogP contribution in [0.5, 0.6) is 0 Å². The van der Waals surface area contributed by atoms with Gasteiger partial charge in [-0.25, -0.2) is 4.98 Å². The normalized spacial score (nSPS) is 10.3. The van der Waals surface area contributed by atoms with Crippen molar-refractivity contribution in [1.29, 1.82) is 0 Å². The Labute approximate surface area is 147 Å². The number of anilines is 2. The maximum Gasteiger partial charge on any atom is 0.262 e. The van der Waals surface area contributed by atoms with Crippen LogP contribution in [0.3, 0.4) is 0 Å². The molecule has 3 rings (SSSR count). The zero-order chi connectivity index (χ0) is 17.6. The molecule has 0 aliphatic carbocycles. The van der Waals surface area contributed by atoms with Crippen LogP contribution in [0.2, 0.25) is 0 Å². The summed E-state index contributed by atoms with van der Waals surface area (Å²) in [6.07, 6.45) is 5.20. The Kier molecular flexibility index (Phi) is 5.04. The van der Waals surface area contributed by atoms with Crippen molar-refractivity contribution in [3.8, 4) is 0 Å². The number of amides is 1. The van der Waals surface area contributed by atoms with Crippen molar-refractivity contribution in [2.24, 2.45) is 0 Å². The van der Waals surface area contributed by atoms with Gasteiger partial charge in [-0.05, 0) is 35.9 Å². The molecule has 5 nitrogen and oxygen atoms in total. The minimum absolute atomic E-state index is 0.0909. The highest BCUT2D eigenvalue weighted by Crippen LogP contribution is 2.23. The van der Waals surface area contributed by atoms with Gasteiger partial charge in [0.1, 0.15) is 5.82 Å². The zero-order valence-electron chi connectivity index (χ0n) is 14.3. The maximum absolute atomic E-state index is 13.3. The molecule has 0 saturated heterocycles. The molecule has 1 aromatic carbocycles. The number of benzene rings is 1. The lowest BCUT2D eigenvalue weighted by atomic mass is 10.1. The van der Waals surface area contributed by atoms with Gasteiger partial charge in [-0.3, -0.25) is 9.78 Å². The highest BCUT2D eigenvalue weighted by molar-refractivity contribution is 6.09. The fourth-order valence-electron chi connectivity index (χ4n) is 2.63. The van der Waals surface area contributed by atoms with Gasteiger partial charge in [-0.1, -0.05) is 24.3 Å². The van der Waals surface area contributed by atoms with Gasteiger partial charge < -0.3 is 9.80 Å². The maximum atomic E-state index is 13.3. The van der Waals surface area contributed by atoms with Crippen LogP contribution in [0.4, 0.5) is 11.5 Å². The van der Waals surface area contributed by atoms with Gasteiger partial charge in [0.15, 0.2) is 0 Å². The number of rotatable bonds is 5. The predicted molar refractivity (Wildman–Crippen MR) is 99.8 cm³/mol. The van der Waals surface area contributed by atoms with Crippen molar-refractivity contribution in [3.63, 3.8) is 0 Å². The molecule has 2 heterocycles. The minimum atomic E-state index is -0.0909. The summed E-state index contributed by atoms with van der Waals surface area (Å²) in [4.78, 5) is 25.4. The van der Waals surface area contributed by atoms with Crippen LogP contribution in [-0.2, 0) is 6.54 Å². The molecular formula is C20H20N4O. The fraction of sp³-hybridized carbons (Fsp3) is 0.150. The van der Waals surface area contributed by atoms with E-state index in [0.717, 1.165) is 11.3 Å². The van der Waals surface area contributed by atoms with Crippen LogP contribution >= 0.6 is 0 Å². The summed E-state index contributed by atoms with van der Waals surface area (Å²) in [6, 6.07) is 17.1. The van der Waals surface area contributed by atoms with Crippen molar-refractivity contribution in [2.75, 3.05) is 23.9 Å². The molecule has 0 radical (unpaired) electrons. The van der Waals surface area contributed by atoms with Crippen molar-refractivity contribution in [1.82, 2.24) is 9.97 Å². The first kappa shape index (κ1) is 16.6. The molecule has 0 aliphatic rings. The topological polar surface area (TPSA) is 49.3 Å². The first-order chi connectivity index (χ1) is 12.2. The third-order valence-electron chi connectivity index (χ3n) is 3.82. The number of hydrogen-bond donors (Lipinski definition) is 0. The van der Waals surface area contributed by atoms with Crippen molar-refractivity contribution in [3.05, 3.63) is 84.3 Å². The van der Waals surface area contributed by atoms with Gasteiger partial charge in [0.2, 0.25) is 0 Å². The summed E-state index contributed by atoms with van der Waals surface area (Å²) in [6.45, 7) is 0.443. The molecule has 0 N–H and O–H groups in total. The van der Waals surface area contributed by atoms with Gasteiger partial charge in [0.25, 0.3) is 5.91 Å². The Morgan fingerprint density at radius 3 is 2.40 bits per heavy atom. The standard InChI is InChI=1S/C20H20N4O/c1-23(2)19-18(11-7-13-22-19)20(25)24(17-9-4-3-5-10-17)15-16-8-6-12-21-14-16/h3-14H,15H2,1-2H3. The largest absolute Gasteiger partial charge is 0.362 e. The van der Waals surface area contributed by atoms with Crippen molar-refractivity contribution >= 4 is 17.4 Å². The van der Waals surface area contributed by atoms with Gasteiger partial charge in [0, 0.05) is 38.4 Å². The Bertz CT molecular complexity index is 835. The van der Waals surface area contributed by atoms with E-state index in [1.165, 1.54) is 0 Å². The van der Waals surface area contributed by atoms with E-state index in [1.54, 1.807) is 29.6 Å². The highest BCUT2D eigenvalue weighted by atomic mass is 16.2. The van der Waals surface area contributed by atoms with Crippen molar-refractivity contribution in [2.45, 2.75) is 6.54 Å². The average molecular weight is 332 g/mol. The van der Waals surface area contributed by atoms with E-state index in [2.05, 4.69) is 9.97 Å². The molecule has 25 heavy (non-hydrogen) atoms. The molecular weight excluding hydrogens is 312 g/mol. The second kappa shape index (κ2) is 7.57. The number of aromatic nitrogens is 2. The third-order valence-corrected chi connectivity index (χ3v) is 3.82. The third kappa shape index (κ3) is 3.83. The van der Waals surface area contributed by atoms with Crippen LogP contribution < -0.4 is 9.80 Å². The number of para-hydroxylation sites is 1. The molecule has 5 heteroatoms. The Hall–Kier alpha value is -3.21. The van der Waals surface area contributed by atoms with Gasteiger partial charge in [-0.15, -0.1) is 0 Å². The Morgan fingerprint density at radius 1 is 0.960 bits per heavy atom. The molecule has 0 bridgehead atoms. The SMILES string of the molecule is CN(C)c1ncccc1C(=O)N(Cc1cccnc1)c1ccccc1. The average Bonchev–Trinajstić information content (AvgIpc) is 2.67. The van der Waals surface area contributed by atoms with E-state index in [0.29, 0.717) is 17.9 Å². The summed E-state index contributed by atoms with van der Waals surface area (Å²) in [5.74, 6) is 0.562. The quantitative estimate of drug-likeness (QED) is 0.718. The lowest BCUT2D eigenvalue weighted by molar-refractivity contribution is 0.0985. The van der Waals surface area contributed by atoms with Crippen molar-refractivity contribution < 1.29 is 4.79 Å². The molecule has 0 spiro atoms. The highest BCUT2D eigenvalue weighted by Gasteiger charge is 2.22. The first-order valence-electron chi connectivity index (χ1n) is 8.05. The Morgan fingerprint density at radius 2 is 1.72 bits per heavy atom. The summed E-state index contributed by atoms with van der Waals surface area (Å²) in [5.41, 5.74) is 2.38. The van der Waals surface area contributed by atoms with Crippen LogP contribution in [0.1, 0.15) is 15.9 Å². The summed E-state index contributed by atoms with van der Waals surface area (Å²) < 4.78 is 0. The van der Waals surface area contributed by atoms with Gasteiger partial charge in [0.05, 0.1) is 12.1 Å². The molecule has 0 fully saturated rings. The molecule has 2 aromatic heterocycles. The second-order valence-electron chi connectivity index (χ2n) is 5.86. The summed E-state index contributed by atoms with van der Waals surface area (Å²) in [7, 11) is 3.76. The molecule has 3 aromatic rings. The van der Waals surface area contributed by atoms with E-state index in [4.69, 9.17) is 0 Å². The van der Waals surface area contributed by atoms with E-state index in [-0.39, 0.29) is 5.91 Å². The zero-order valence-corrected chi connectivity index (χ0v) is 14.3. The predicted octanol–water partition coefficient (Wildman–Crippen LogP) is 3.39. The lowest BCUT2D eigenvalue weighted by Gasteiger charge is -2.25. The van der Waals surface area contributed by atoms with Gasteiger partial charge in [-0.2, -0.15) is 0 Å². The monoisotopic (exact) mass is 332 g/mol. The molecule has 0 unspecified atom stereocenters. The number of nitrogens with zero attached hydrogens (tertiary/aromatic N) is 4. The number of hydrogen-bond acceptors (Lipinski definition) is 4.